The molecule has 2 N–H and O–H groups in total. The summed E-state index contributed by atoms with van der Waals surface area (Å²) in [6, 6.07) is 9.32. The van der Waals surface area contributed by atoms with Crippen LogP contribution in [0.4, 0.5) is 14.5 Å². The summed E-state index contributed by atoms with van der Waals surface area (Å²) in [5.74, 6) is -1.90. The molecule has 0 unspecified atom stereocenters. The molecular formula is C15H13F2N3O2S. The van der Waals surface area contributed by atoms with Crippen LogP contribution >= 0.6 is 0 Å². The average molecular weight is 337 g/mol. The number of rotatable bonds is 4. The largest absolute Gasteiger partial charge is 0.369 e. The van der Waals surface area contributed by atoms with E-state index in [9.17, 15) is 22.5 Å². The zero-order chi connectivity index (χ0) is 17.2. The molecule has 0 aliphatic carbocycles. The smallest absolute Gasteiger partial charge is 0.238 e. The van der Waals surface area contributed by atoms with Gasteiger partial charge in [-0.05, 0) is 35.9 Å². The second kappa shape index (κ2) is 6.32. The lowest BCUT2D eigenvalue weighted by molar-refractivity contribution is 0.507. The van der Waals surface area contributed by atoms with Crippen molar-refractivity contribution in [2.24, 2.45) is 5.14 Å². The van der Waals surface area contributed by atoms with Crippen molar-refractivity contribution in [2.45, 2.75) is 11.4 Å². The molecule has 23 heavy (non-hydrogen) atoms. The minimum atomic E-state index is -3.91. The van der Waals surface area contributed by atoms with Crippen molar-refractivity contribution in [2.75, 3.05) is 11.9 Å². The maximum atomic E-state index is 13.2. The molecule has 120 valence electrons. The molecule has 0 saturated carbocycles. The highest BCUT2D eigenvalue weighted by Crippen LogP contribution is 2.24. The quantitative estimate of drug-likeness (QED) is 0.926. The third-order valence-corrected chi connectivity index (χ3v) is 4.14. The Bertz CT molecular complexity index is 892. The predicted molar refractivity (Wildman–Crippen MR) is 81.0 cm³/mol. The van der Waals surface area contributed by atoms with E-state index in [0.717, 1.165) is 12.1 Å². The first-order valence-electron chi connectivity index (χ1n) is 6.44. The second-order valence-corrected chi connectivity index (χ2v) is 6.50. The molecule has 0 bridgehead atoms. The molecule has 5 nitrogen and oxygen atoms in total. The lowest BCUT2D eigenvalue weighted by atomic mass is 10.1. The van der Waals surface area contributed by atoms with Crippen LogP contribution in [0.3, 0.4) is 0 Å². The van der Waals surface area contributed by atoms with Crippen molar-refractivity contribution >= 4 is 15.7 Å². The van der Waals surface area contributed by atoms with E-state index in [1.54, 1.807) is 11.9 Å². The van der Waals surface area contributed by atoms with Crippen molar-refractivity contribution in [1.82, 2.24) is 0 Å². The minimum Gasteiger partial charge on any atom is -0.369 e. The van der Waals surface area contributed by atoms with E-state index >= 15 is 0 Å². The van der Waals surface area contributed by atoms with Gasteiger partial charge in [-0.3, -0.25) is 0 Å². The molecule has 0 atom stereocenters. The minimum absolute atomic E-state index is 0.113. The summed E-state index contributed by atoms with van der Waals surface area (Å²) in [6.45, 7) is 0.209. The molecule has 2 aromatic carbocycles. The van der Waals surface area contributed by atoms with Crippen molar-refractivity contribution in [3.63, 3.8) is 0 Å². The third-order valence-electron chi connectivity index (χ3n) is 3.23. The number of nitrogens with zero attached hydrogens (tertiary/aromatic N) is 2. The van der Waals surface area contributed by atoms with Crippen molar-refractivity contribution in [3.8, 4) is 6.07 Å². The molecule has 8 heteroatoms. The topological polar surface area (TPSA) is 87.2 Å². The number of primary sulfonamides is 1. The highest BCUT2D eigenvalue weighted by molar-refractivity contribution is 7.89. The Labute approximate surface area is 132 Å². The van der Waals surface area contributed by atoms with Gasteiger partial charge < -0.3 is 4.90 Å². The molecule has 2 rings (SSSR count). The first-order valence-corrected chi connectivity index (χ1v) is 7.99. The molecule has 0 saturated heterocycles. The summed E-state index contributed by atoms with van der Waals surface area (Å²) < 4.78 is 48.8. The van der Waals surface area contributed by atoms with Gasteiger partial charge in [-0.2, -0.15) is 5.26 Å². The number of halogens is 2. The number of nitriles is 1. The van der Waals surface area contributed by atoms with Gasteiger partial charge in [0.05, 0.1) is 16.1 Å². The summed E-state index contributed by atoms with van der Waals surface area (Å²) in [6.07, 6.45) is 0. The fourth-order valence-corrected chi connectivity index (χ4v) is 2.65. The first kappa shape index (κ1) is 16.9. The fraction of sp³-hybridized carbons (Fsp3) is 0.133. The number of benzene rings is 2. The van der Waals surface area contributed by atoms with Gasteiger partial charge in [0.2, 0.25) is 10.0 Å². The second-order valence-electron chi connectivity index (χ2n) is 4.94. The fourth-order valence-electron chi connectivity index (χ4n) is 2.11. The monoisotopic (exact) mass is 337 g/mol. The summed E-state index contributed by atoms with van der Waals surface area (Å²) in [5.41, 5.74) is 1.07. The van der Waals surface area contributed by atoms with Crippen LogP contribution in [0.25, 0.3) is 0 Å². The van der Waals surface area contributed by atoms with Gasteiger partial charge in [0.1, 0.15) is 6.07 Å². The van der Waals surface area contributed by atoms with Crippen LogP contribution < -0.4 is 10.0 Å². The number of hydrogen-bond acceptors (Lipinski definition) is 4. The Balaban J connectivity index is 2.34. The molecule has 0 heterocycles. The van der Waals surface area contributed by atoms with Gasteiger partial charge in [-0.25, -0.2) is 22.3 Å². The SMILES string of the molecule is CN(Cc1ccc(F)c(F)c1)c1ccc(S(N)(=O)=O)cc1C#N. The number of hydrogen-bond donors (Lipinski definition) is 1. The van der Waals surface area contributed by atoms with Gasteiger partial charge >= 0.3 is 0 Å². The van der Waals surface area contributed by atoms with Gasteiger partial charge in [-0.1, -0.05) is 6.07 Å². The molecule has 0 spiro atoms. The number of sulfonamides is 1. The Hall–Kier alpha value is -2.50. The normalized spacial score (nSPS) is 11.1. The standard InChI is InChI=1S/C15H13F2N3O2S/c1-20(9-10-2-4-13(16)14(17)6-10)15-5-3-12(23(19,21)22)7-11(15)8-18/h2-7H,9H2,1H3,(H2,19,21,22). The van der Waals surface area contributed by atoms with Gasteiger partial charge in [0.15, 0.2) is 11.6 Å². The summed E-state index contributed by atoms with van der Waals surface area (Å²) in [7, 11) is -2.26. The Kier molecular flexibility index (Phi) is 4.63. The van der Waals surface area contributed by atoms with Crippen LogP contribution in [0.15, 0.2) is 41.3 Å². The lowest BCUT2D eigenvalue weighted by Gasteiger charge is -2.21. The number of anilines is 1. The van der Waals surface area contributed by atoms with Crippen molar-refractivity contribution in [3.05, 3.63) is 59.2 Å². The Morgan fingerprint density at radius 2 is 1.87 bits per heavy atom. The van der Waals surface area contributed by atoms with E-state index in [1.165, 1.54) is 24.3 Å². The van der Waals surface area contributed by atoms with Crippen LogP contribution in [0.5, 0.6) is 0 Å². The first-order chi connectivity index (χ1) is 10.7. The maximum absolute atomic E-state index is 13.2. The molecule has 0 aromatic heterocycles. The van der Waals surface area contributed by atoms with Gasteiger partial charge in [0, 0.05) is 13.6 Å². The molecule has 0 fully saturated rings. The van der Waals surface area contributed by atoms with Gasteiger partial charge in [0.25, 0.3) is 0 Å². The van der Waals surface area contributed by atoms with Gasteiger partial charge in [-0.15, -0.1) is 0 Å². The number of nitrogens with two attached hydrogens (primary N) is 1. The molecule has 0 aliphatic heterocycles. The van der Waals surface area contributed by atoms with Crippen molar-refractivity contribution in [1.29, 1.82) is 5.26 Å². The van der Waals surface area contributed by atoms with Crippen LogP contribution in [-0.4, -0.2) is 15.5 Å². The lowest BCUT2D eigenvalue weighted by Crippen LogP contribution is -2.19. The maximum Gasteiger partial charge on any atom is 0.238 e. The van der Waals surface area contributed by atoms with E-state index in [-0.39, 0.29) is 17.0 Å². The average Bonchev–Trinajstić information content (AvgIpc) is 2.49. The van der Waals surface area contributed by atoms with E-state index < -0.39 is 21.7 Å². The third kappa shape index (κ3) is 3.83. The van der Waals surface area contributed by atoms with Crippen molar-refractivity contribution < 1.29 is 17.2 Å². The van der Waals surface area contributed by atoms with E-state index in [0.29, 0.717) is 11.3 Å². The highest BCUT2D eigenvalue weighted by atomic mass is 32.2. The van der Waals surface area contributed by atoms with Crippen LogP contribution in [0.1, 0.15) is 11.1 Å². The summed E-state index contributed by atoms with van der Waals surface area (Å²) in [5, 5.41) is 14.2. The predicted octanol–water partition coefficient (Wildman–Crippen LogP) is 2.12. The highest BCUT2D eigenvalue weighted by Gasteiger charge is 2.14. The van der Waals surface area contributed by atoms with E-state index in [2.05, 4.69) is 0 Å². The summed E-state index contributed by atoms with van der Waals surface area (Å²) >= 11 is 0. The molecule has 2 aromatic rings. The van der Waals surface area contributed by atoms with Crippen LogP contribution in [-0.2, 0) is 16.6 Å². The van der Waals surface area contributed by atoms with Crippen LogP contribution in [0.2, 0.25) is 0 Å². The van der Waals surface area contributed by atoms with E-state index in [1.807, 2.05) is 6.07 Å². The van der Waals surface area contributed by atoms with E-state index in [4.69, 9.17) is 5.14 Å². The molecular weight excluding hydrogens is 324 g/mol. The van der Waals surface area contributed by atoms with Crippen LogP contribution in [0, 0.1) is 23.0 Å². The Morgan fingerprint density at radius 1 is 1.17 bits per heavy atom. The molecule has 0 aliphatic rings. The summed E-state index contributed by atoms with van der Waals surface area (Å²) in [4.78, 5) is 1.46. The Morgan fingerprint density at radius 3 is 2.43 bits per heavy atom. The zero-order valence-electron chi connectivity index (χ0n) is 12.1. The molecule has 0 radical (unpaired) electrons. The molecule has 0 amide bonds. The zero-order valence-corrected chi connectivity index (χ0v) is 12.9.